The first-order valence-electron chi connectivity index (χ1n) is 7.81. The van der Waals surface area contributed by atoms with Gasteiger partial charge in [0.05, 0.1) is 37.6 Å². The van der Waals surface area contributed by atoms with Crippen LogP contribution in [-0.2, 0) is 10.0 Å². The van der Waals surface area contributed by atoms with Crippen molar-refractivity contribution in [2.45, 2.75) is 32.6 Å². The van der Waals surface area contributed by atoms with E-state index in [2.05, 4.69) is 12.6 Å². The van der Waals surface area contributed by atoms with Gasteiger partial charge in [-0.1, -0.05) is 12.6 Å². The normalized spacial score (nSPS) is 17.6. The average Bonchev–Trinajstić information content (AvgIpc) is 2.46. The van der Waals surface area contributed by atoms with Crippen molar-refractivity contribution in [1.82, 2.24) is 4.31 Å². The highest BCUT2D eigenvalue weighted by Crippen LogP contribution is 2.28. The van der Waals surface area contributed by atoms with Crippen LogP contribution in [0.15, 0.2) is 23.6 Å². The SMILES string of the molecule is C=CC[NH+]1CCN(S(=O)(=O)c2c(C)c(C)cc(C)c2C)CC1. The second kappa shape index (κ2) is 6.52. The lowest BCUT2D eigenvalue weighted by atomic mass is 10.0. The van der Waals surface area contributed by atoms with Crippen molar-refractivity contribution in [1.29, 1.82) is 0 Å². The molecule has 0 bridgehead atoms. The Morgan fingerprint density at radius 3 is 2.09 bits per heavy atom. The van der Waals surface area contributed by atoms with Gasteiger partial charge >= 0.3 is 0 Å². The highest BCUT2D eigenvalue weighted by Gasteiger charge is 2.32. The fourth-order valence-electron chi connectivity index (χ4n) is 3.15. The molecule has 5 heteroatoms. The minimum Gasteiger partial charge on any atom is -0.330 e. The maximum Gasteiger partial charge on any atom is 0.244 e. The molecule has 122 valence electrons. The molecule has 0 spiro atoms. The van der Waals surface area contributed by atoms with Crippen LogP contribution in [0.2, 0.25) is 0 Å². The molecule has 4 nitrogen and oxygen atoms in total. The predicted molar refractivity (Wildman–Crippen MR) is 89.9 cm³/mol. The maximum absolute atomic E-state index is 13.1. The highest BCUT2D eigenvalue weighted by molar-refractivity contribution is 7.89. The van der Waals surface area contributed by atoms with Gasteiger partial charge in [-0.15, -0.1) is 0 Å². The zero-order chi connectivity index (χ0) is 16.5. The predicted octanol–water partition coefficient (Wildman–Crippen LogP) is 0.995. The van der Waals surface area contributed by atoms with Gasteiger partial charge in [0.15, 0.2) is 0 Å². The van der Waals surface area contributed by atoms with Gasteiger partial charge in [-0.2, -0.15) is 4.31 Å². The third-order valence-corrected chi connectivity index (χ3v) is 6.93. The quantitative estimate of drug-likeness (QED) is 0.840. The first-order valence-corrected chi connectivity index (χ1v) is 9.25. The molecular weight excluding hydrogens is 296 g/mol. The van der Waals surface area contributed by atoms with Crippen LogP contribution < -0.4 is 4.90 Å². The Bertz CT molecular complexity index is 646. The molecule has 1 fully saturated rings. The van der Waals surface area contributed by atoms with E-state index in [0.717, 1.165) is 41.9 Å². The first-order chi connectivity index (χ1) is 10.3. The summed E-state index contributed by atoms with van der Waals surface area (Å²) in [6, 6.07) is 2.07. The molecule has 0 aliphatic carbocycles. The van der Waals surface area contributed by atoms with Crippen LogP contribution in [0.1, 0.15) is 22.3 Å². The number of piperazine rings is 1. The monoisotopic (exact) mass is 323 g/mol. The summed E-state index contributed by atoms with van der Waals surface area (Å²) in [5.41, 5.74) is 3.84. The van der Waals surface area contributed by atoms with Crippen molar-refractivity contribution in [2.75, 3.05) is 32.7 Å². The molecule has 0 saturated carbocycles. The summed E-state index contributed by atoms with van der Waals surface area (Å²) in [4.78, 5) is 1.91. The number of aryl methyl sites for hydroxylation is 2. The van der Waals surface area contributed by atoms with E-state index in [0.29, 0.717) is 18.0 Å². The molecule has 1 aromatic carbocycles. The smallest absolute Gasteiger partial charge is 0.244 e. The second-order valence-corrected chi connectivity index (χ2v) is 8.11. The Morgan fingerprint density at radius 2 is 1.64 bits per heavy atom. The molecule has 1 heterocycles. The van der Waals surface area contributed by atoms with Crippen LogP contribution in [0.4, 0.5) is 0 Å². The van der Waals surface area contributed by atoms with Crippen molar-refractivity contribution < 1.29 is 13.3 Å². The first kappa shape index (κ1) is 17.2. The maximum atomic E-state index is 13.1. The zero-order valence-corrected chi connectivity index (χ0v) is 14.9. The van der Waals surface area contributed by atoms with E-state index in [1.54, 1.807) is 4.31 Å². The molecule has 0 radical (unpaired) electrons. The number of hydrogen-bond donors (Lipinski definition) is 1. The lowest BCUT2D eigenvalue weighted by Gasteiger charge is -2.32. The van der Waals surface area contributed by atoms with Crippen LogP contribution in [-0.4, -0.2) is 45.4 Å². The Labute approximate surface area is 134 Å². The summed E-state index contributed by atoms with van der Waals surface area (Å²) in [7, 11) is -3.41. The lowest BCUT2D eigenvalue weighted by Crippen LogP contribution is -3.14. The van der Waals surface area contributed by atoms with Crippen molar-refractivity contribution in [3.63, 3.8) is 0 Å². The van der Waals surface area contributed by atoms with Crippen molar-refractivity contribution >= 4 is 10.0 Å². The minimum absolute atomic E-state index is 0.511. The Hall–Kier alpha value is -1.17. The highest BCUT2D eigenvalue weighted by atomic mass is 32.2. The molecule has 2 rings (SSSR count). The molecular formula is C17H27N2O2S+. The van der Waals surface area contributed by atoms with E-state index >= 15 is 0 Å². The van der Waals surface area contributed by atoms with Gasteiger partial charge in [0.1, 0.15) is 0 Å². The number of nitrogens with zero attached hydrogens (tertiary/aromatic N) is 1. The van der Waals surface area contributed by atoms with Gasteiger partial charge in [0.2, 0.25) is 10.0 Å². The largest absolute Gasteiger partial charge is 0.330 e. The van der Waals surface area contributed by atoms with Gasteiger partial charge in [-0.05, 0) is 56.0 Å². The summed E-state index contributed by atoms with van der Waals surface area (Å²) < 4.78 is 27.8. The van der Waals surface area contributed by atoms with Crippen LogP contribution >= 0.6 is 0 Å². The van der Waals surface area contributed by atoms with E-state index in [4.69, 9.17) is 0 Å². The number of nitrogens with one attached hydrogen (secondary N) is 1. The summed E-state index contributed by atoms with van der Waals surface area (Å²) in [5.74, 6) is 0. The summed E-state index contributed by atoms with van der Waals surface area (Å²) >= 11 is 0. The molecule has 0 unspecified atom stereocenters. The molecule has 0 aromatic heterocycles. The van der Waals surface area contributed by atoms with Gasteiger partial charge < -0.3 is 4.90 Å². The van der Waals surface area contributed by atoms with E-state index in [1.165, 1.54) is 4.90 Å². The second-order valence-electron chi connectivity index (χ2n) is 6.24. The number of hydrogen-bond acceptors (Lipinski definition) is 2. The molecule has 22 heavy (non-hydrogen) atoms. The minimum atomic E-state index is -3.41. The summed E-state index contributed by atoms with van der Waals surface area (Å²) in [6.07, 6.45) is 1.90. The van der Waals surface area contributed by atoms with E-state index in [9.17, 15) is 8.42 Å². The Morgan fingerprint density at radius 1 is 1.14 bits per heavy atom. The molecule has 1 aliphatic rings. The molecule has 1 aromatic rings. The Kier molecular flexibility index (Phi) is 5.10. The van der Waals surface area contributed by atoms with Crippen LogP contribution in [0, 0.1) is 27.7 Å². The lowest BCUT2D eigenvalue weighted by molar-refractivity contribution is -0.897. The van der Waals surface area contributed by atoms with Crippen LogP contribution in [0.25, 0.3) is 0 Å². The third-order valence-electron chi connectivity index (χ3n) is 4.76. The zero-order valence-electron chi connectivity index (χ0n) is 14.1. The fourth-order valence-corrected chi connectivity index (χ4v) is 5.17. The average molecular weight is 323 g/mol. The standard InChI is InChI=1S/C17H26N2O2S/c1-6-7-18-8-10-19(11-9-18)22(20,21)17-15(4)13(2)12-14(3)16(17)5/h6,12H,1,7-11H2,2-5H3/p+1. The van der Waals surface area contributed by atoms with E-state index < -0.39 is 10.0 Å². The van der Waals surface area contributed by atoms with Gasteiger partial charge in [0, 0.05) is 0 Å². The van der Waals surface area contributed by atoms with Gasteiger partial charge in [0.25, 0.3) is 0 Å². The summed E-state index contributed by atoms with van der Waals surface area (Å²) in [5, 5.41) is 0. The topological polar surface area (TPSA) is 41.8 Å². The van der Waals surface area contributed by atoms with Gasteiger partial charge in [-0.3, -0.25) is 0 Å². The molecule has 0 atom stereocenters. The number of quaternary nitrogens is 1. The summed E-state index contributed by atoms with van der Waals surface area (Å²) in [6.45, 7) is 15.3. The molecule has 1 N–H and O–H groups in total. The van der Waals surface area contributed by atoms with Crippen molar-refractivity contribution in [3.05, 3.63) is 41.0 Å². The number of benzene rings is 1. The van der Waals surface area contributed by atoms with Crippen LogP contribution in [0.3, 0.4) is 0 Å². The van der Waals surface area contributed by atoms with Crippen molar-refractivity contribution in [2.24, 2.45) is 0 Å². The van der Waals surface area contributed by atoms with E-state index in [1.807, 2.05) is 33.8 Å². The Balaban J connectivity index is 2.35. The number of rotatable bonds is 4. The van der Waals surface area contributed by atoms with Crippen LogP contribution in [0.5, 0.6) is 0 Å². The van der Waals surface area contributed by atoms with E-state index in [-0.39, 0.29) is 0 Å². The fraction of sp³-hybridized carbons (Fsp3) is 0.529. The molecule has 1 aliphatic heterocycles. The molecule has 1 saturated heterocycles. The van der Waals surface area contributed by atoms with Crippen molar-refractivity contribution in [3.8, 4) is 0 Å². The molecule has 0 amide bonds. The van der Waals surface area contributed by atoms with Gasteiger partial charge in [-0.25, -0.2) is 8.42 Å². The third kappa shape index (κ3) is 3.12. The number of sulfonamides is 1.